The second kappa shape index (κ2) is 5.46. The molecule has 2 saturated heterocycles. The molecule has 108 valence electrons. The Bertz CT molecular complexity index is 468. The third kappa shape index (κ3) is 3.66. The fourth-order valence-electron chi connectivity index (χ4n) is 2.44. The predicted molar refractivity (Wildman–Crippen MR) is 68.7 cm³/mol. The molecule has 2 rings (SSSR count). The van der Waals surface area contributed by atoms with E-state index in [0.29, 0.717) is 38.8 Å². The fraction of sp³-hybridized carbons (Fsp3) is 0.818. The lowest BCUT2D eigenvalue weighted by Gasteiger charge is -2.31. The lowest BCUT2D eigenvalue weighted by atomic mass is 10.1. The summed E-state index contributed by atoms with van der Waals surface area (Å²) in [5.74, 6) is -0.254. The van der Waals surface area contributed by atoms with E-state index in [0.717, 1.165) is 0 Å². The third-order valence-corrected chi connectivity index (χ3v) is 4.88. The van der Waals surface area contributed by atoms with E-state index in [1.54, 1.807) is 0 Å². The molecule has 0 aliphatic carbocycles. The lowest BCUT2D eigenvalue weighted by Crippen LogP contribution is -2.50. The molecule has 0 aromatic carbocycles. The van der Waals surface area contributed by atoms with Gasteiger partial charge in [-0.1, -0.05) is 0 Å². The number of sulfonamides is 1. The van der Waals surface area contributed by atoms with Crippen LogP contribution >= 0.6 is 0 Å². The summed E-state index contributed by atoms with van der Waals surface area (Å²) in [6, 6.07) is -0.441. The van der Waals surface area contributed by atoms with E-state index in [4.69, 9.17) is 0 Å². The fourth-order valence-corrected chi connectivity index (χ4v) is 3.32. The lowest BCUT2D eigenvalue weighted by molar-refractivity contribution is -0.126. The average Bonchev–Trinajstić information content (AvgIpc) is 2.75. The third-order valence-electron chi connectivity index (χ3n) is 3.58. The summed E-state index contributed by atoms with van der Waals surface area (Å²) in [7, 11) is -3.14. The highest BCUT2D eigenvalue weighted by Gasteiger charge is 2.30. The normalized spacial score (nSPS) is 26.2. The Labute approximate surface area is 112 Å². The van der Waals surface area contributed by atoms with Gasteiger partial charge in [0.25, 0.3) is 0 Å². The van der Waals surface area contributed by atoms with Crippen molar-refractivity contribution in [1.29, 1.82) is 0 Å². The van der Waals surface area contributed by atoms with Gasteiger partial charge in [-0.2, -0.15) is 0 Å². The van der Waals surface area contributed by atoms with Crippen LogP contribution in [0.4, 0.5) is 0 Å². The van der Waals surface area contributed by atoms with Crippen LogP contribution in [0, 0.1) is 0 Å². The summed E-state index contributed by atoms with van der Waals surface area (Å²) in [5, 5.41) is 5.50. The predicted octanol–water partition coefficient (Wildman–Crippen LogP) is -1.19. The molecular weight excluding hydrogens is 270 g/mol. The van der Waals surface area contributed by atoms with Gasteiger partial charge in [-0.3, -0.25) is 9.59 Å². The number of carbonyl (C=O) groups is 2. The Balaban J connectivity index is 1.79. The van der Waals surface area contributed by atoms with Crippen molar-refractivity contribution in [3.8, 4) is 0 Å². The van der Waals surface area contributed by atoms with Crippen molar-refractivity contribution in [3.05, 3.63) is 0 Å². The van der Waals surface area contributed by atoms with Crippen LogP contribution < -0.4 is 10.6 Å². The molecule has 1 unspecified atom stereocenters. The number of carbonyl (C=O) groups excluding carboxylic acids is 2. The van der Waals surface area contributed by atoms with Crippen LogP contribution in [0.2, 0.25) is 0 Å². The Kier molecular flexibility index (Phi) is 4.10. The zero-order valence-electron chi connectivity index (χ0n) is 10.9. The molecule has 19 heavy (non-hydrogen) atoms. The minimum Gasteiger partial charge on any atom is -0.351 e. The van der Waals surface area contributed by atoms with Gasteiger partial charge in [-0.15, -0.1) is 0 Å². The first-order valence-electron chi connectivity index (χ1n) is 6.41. The molecular formula is C11H19N3O4S. The van der Waals surface area contributed by atoms with Gasteiger partial charge in [-0.25, -0.2) is 12.7 Å². The maximum absolute atomic E-state index is 11.9. The maximum atomic E-state index is 11.9. The second-order valence-electron chi connectivity index (χ2n) is 5.10. The van der Waals surface area contributed by atoms with Gasteiger partial charge in [0.1, 0.15) is 6.04 Å². The largest absolute Gasteiger partial charge is 0.351 e. The van der Waals surface area contributed by atoms with E-state index in [-0.39, 0.29) is 17.9 Å². The summed E-state index contributed by atoms with van der Waals surface area (Å²) in [6.45, 7) is 0.863. The number of nitrogens with zero attached hydrogens (tertiary/aromatic N) is 1. The smallest absolute Gasteiger partial charge is 0.242 e. The monoisotopic (exact) mass is 289 g/mol. The van der Waals surface area contributed by atoms with Crippen molar-refractivity contribution in [2.45, 2.75) is 37.8 Å². The van der Waals surface area contributed by atoms with E-state index >= 15 is 0 Å². The van der Waals surface area contributed by atoms with Crippen LogP contribution in [0.3, 0.4) is 0 Å². The van der Waals surface area contributed by atoms with Gasteiger partial charge in [-0.05, 0) is 19.3 Å². The van der Waals surface area contributed by atoms with Crippen LogP contribution in [-0.4, -0.2) is 56.0 Å². The highest BCUT2D eigenvalue weighted by atomic mass is 32.2. The molecule has 2 fully saturated rings. The van der Waals surface area contributed by atoms with Gasteiger partial charge in [0.2, 0.25) is 21.8 Å². The molecule has 0 radical (unpaired) electrons. The van der Waals surface area contributed by atoms with Gasteiger partial charge in [0, 0.05) is 25.6 Å². The molecule has 2 aliphatic heterocycles. The highest BCUT2D eigenvalue weighted by Crippen LogP contribution is 2.14. The summed E-state index contributed by atoms with van der Waals surface area (Å²) < 4.78 is 24.1. The first-order valence-corrected chi connectivity index (χ1v) is 8.26. The second-order valence-corrected chi connectivity index (χ2v) is 7.09. The molecule has 0 spiro atoms. The van der Waals surface area contributed by atoms with E-state index < -0.39 is 16.1 Å². The molecule has 0 saturated carbocycles. The van der Waals surface area contributed by atoms with Gasteiger partial charge in [0.15, 0.2) is 0 Å². The Morgan fingerprint density at radius 2 is 1.95 bits per heavy atom. The van der Waals surface area contributed by atoms with Gasteiger partial charge < -0.3 is 10.6 Å². The molecule has 8 heteroatoms. The zero-order valence-corrected chi connectivity index (χ0v) is 11.7. The quantitative estimate of drug-likeness (QED) is 0.682. The summed E-state index contributed by atoms with van der Waals surface area (Å²) >= 11 is 0. The van der Waals surface area contributed by atoms with Crippen molar-refractivity contribution in [1.82, 2.24) is 14.9 Å². The van der Waals surface area contributed by atoms with E-state index in [2.05, 4.69) is 10.6 Å². The molecule has 2 heterocycles. The van der Waals surface area contributed by atoms with Crippen molar-refractivity contribution < 1.29 is 18.0 Å². The molecule has 7 nitrogen and oxygen atoms in total. The highest BCUT2D eigenvalue weighted by molar-refractivity contribution is 7.88. The Morgan fingerprint density at radius 1 is 1.32 bits per heavy atom. The minimum atomic E-state index is -3.14. The number of piperidine rings is 1. The topological polar surface area (TPSA) is 95.6 Å². The van der Waals surface area contributed by atoms with Gasteiger partial charge >= 0.3 is 0 Å². The number of nitrogens with one attached hydrogen (secondary N) is 2. The van der Waals surface area contributed by atoms with Crippen molar-refractivity contribution in [2.75, 3.05) is 19.3 Å². The van der Waals surface area contributed by atoms with Crippen LogP contribution in [0.15, 0.2) is 0 Å². The van der Waals surface area contributed by atoms with E-state index in [9.17, 15) is 18.0 Å². The number of hydrogen-bond donors (Lipinski definition) is 2. The SMILES string of the molecule is CS(=O)(=O)N1CCC(NC(=O)C2CCC(=O)N2)CC1. The average molecular weight is 289 g/mol. The van der Waals surface area contributed by atoms with Crippen LogP contribution in [0.25, 0.3) is 0 Å². The Hall–Kier alpha value is -1.15. The summed E-state index contributed by atoms with van der Waals surface area (Å²) in [4.78, 5) is 22.9. The number of rotatable bonds is 3. The number of hydrogen-bond acceptors (Lipinski definition) is 4. The maximum Gasteiger partial charge on any atom is 0.242 e. The molecule has 2 amide bonds. The molecule has 0 bridgehead atoms. The van der Waals surface area contributed by atoms with Crippen molar-refractivity contribution >= 4 is 21.8 Å². The first-order chi connectivity index (χ1) is 8.86. The molecule has 0 aromatic rings. The zero-order chi connectivity index (χ0) is 14.0. The summed E-state index contributed by atoms with van der Waals surface area (Å²) in [6.07, 6.45) is 3.34. The molecule has 2 N–H and O–H groups in total. The van der Waals surface area contributed by atoms with Gasteiger partial charge in [0.05, 0.1) is 6.26 Å². The minimum absolute atomic E-state index is 0.0111. The Morgan fingerprint density at radius 3 is 2.42 bits per heavy atom. The standard InChI is InChI=1S/C11H19N3O4S/c1-19(17,18)14-6-4-8(5-7-14)12-11(16)9-2-3-10(15)13-9/h8-9H,2-7H2,1H3,(H,12,16)(H,13,15). The first kappa shape index (κ1) is 14.3. The van der Waals surface area contributed by atoms with E-state index in [1.165, 1.54) is 10.6 Å². The molecule has 0 aromatic heterocycles. The van der Waals surface area contributed by atoms with E-state index in [1.807, 2.05) is 0 Å². The molecule has 1 atom stereocenters. The van der Waals surface area contributed by atoms with Crippen LogP contribution in [-0.2, 0) is 19.6 Å². The number of amides is 2. The van der Waals surface area contributed by atoms with Crippen LogP contribution in [0.1, 0.15) is 25.7 Å². The summed E-state index contributed by atoms with van der Waals surface area (Å²) in [5.41, 5.74) is 0. The van der Waals surface area contributed by atoms with Crippen LogP contribution in [0.5, 0.6) is 0 Å². The van der Waals surface area contributed by atoms with Crippen molar-refractivity contribution in [3.63, 3.8) is 0 Å². The van der Waals surface area contributed by atoms with Crippen molar-refractivity contribution in [2.24, 2.45) is 0 Å². The molecule has 2 aliphatic rings.